The summed E-state index contributed by atoms with van der Waals surface area (Å²) in [5, 5.41) is 6.08. The zero-order chi connectivity index (χ0) is 22.0. The number of rotatable bonds is 6. The molecule has 2 heterocycles. The molecule has 2 aromatic carbocycles. The van der Waals surface area contributed by atoms with Crippen LogP contribution in [0.25, 0.3) is 0 Å². The Labute approximate surface area is 184 Å². The highest BCUT2D eigenvalue weighted by atomic mass is 35.5. The molecule has 2 N–H and O–H groups in total. The lowest BCUT2D eigenvalue weighted by Gasteiger charge is -2.25. The summed E-state index contributed by atoms with van der Waals surface area (Å²) in [6, 6.07) is 11.8. The van der Waals surface area contributed by atoms with Crippen LogP contribution in [-0.4, -0.2) is 49.0 Å². The monoisotopic (exact) mass is 443 g/mol. The number of ether oxygens (including phenoxy) is 2. The average Bonchev–Trinajstić information content (AvgIpc) is 2.98. The number of urea groups is 1. The largest absolute Gasteiger partial charge is 0.486 e. The molecule has 0 radical (unpaired) electrons. The van der Waals surface area contributed by atoms with Gasteiger partial charge >= 0.3 is 6.03 Å². The van der Waals surface area contributed by atoms with E-state index in [-0.39, 0.29) is 6.54 Å². The van der Waals surface area contributed by atoms with Crippen molar-refractivity contribution in [1.82, 2.24) is 15.5 Å². The van der Waals surface area contributed by atoms with Crippen LogP contribution >= 0.6 is 11.6 Å². The van der Waals surface area contributed by atoms with Crippen molar-refractivity contribution in [3.8, 4) is 11.5 Å². The number of nitrogens with zero attached hydrogens (tertiary/aromatic N) is 1. The second-order valence-electron chi connectivity index (χ2n) is 7.53. The lowest BCUT2D eigenvalue weighted by molar-refractivity contribution is -0.134. The van der Waals surface area contributed by atoms with E-state index in [0.717, 1.165) is 10.5 Å². The van der Waals surface area contributed by atoms with Crippen molar-refractivity contribution in [3.05, 3.63) is 58.6 Å². The number of nitrogens with one attached hydrogen (secondary N) is 2. The maximum absolute atomic E-state index is 13.0. The summed E-state index contributed by atoms with van der Waals surface area (Å²) in [7, 11) is 0. The Balaban J connectivity index is 1.38. The number of halogens is 1. The summed E-state index contributed by atoms with van der Waals surface area (Å²) in [6.45, 7) is 2.50. The minimum absolute atomic E-state index is 0.356. The van der Waals surface area contributed by atoms with Crippen LogP contribution in [-0.2, 0) is 21.5 Å². The Morgan fingerprint density at radius 2 is 1.84 bits per heavy atom. The van der Waals surface area contributed by atoms with Crippen molar-refractivity contribution in [3.63, 3.8) is 0 Å². The van der Waals surface area contributed by atoms with E-state index in [2.05, 4.69) is 10.6 Å². The Morgan fingerprint density at radius 1 is 1.13 bits per heavy atom. The number of carbonyl (C=O) groups is 3. The molecule has 4 rings (SSSR count). The number of amides is 4. The standard InChI is InChI=1S/C22H22ClN3O5/c1-22(15-4-7-17-18(12-15)31-11-10-30-17)20(28)26(21(29)25-22)13-19(27)24-9-8-14-2-5-16(23)6-3-14/h2-7,12H,8-11,13H2,1H3,(H,24,27)(H,25,29). The molecular weight excluding hydrogens is 422 g/mol. The highest BCUT2D eigenvalue weighted by Gasteiger charge is 2.49. The van der Waals surface area contributed by atoms with E-state index < -0.39 is 23.4 Å². The fourth-order valence-electron chi connectivity index (χ4n) is 3.59. The molecule has 2 aliphatic rings. The van der Waals surface area contributed by atoms with Gasteiger partial charge in [-0.2, -0.15) is 0 Å². The first kappa shape index (κ1) is 21.0. The Bertz CT molecular complexity index is 1030. The van der Waals surface area contributed by atoms with Crippen LogP contribution in [0.4, 0.5) is 4.79 Å². The van der Waals surface area contributed by atoms with Crippen molar-refractivity contribution >= 4 is 29.4 Å². The van der Waals surface area contributed by atoms with Crippen LogP contribution in [0.5, 0.6) is 11.5 Å². The second-order valence-corrected chi connectivity index (χ2v) is 7.97. The van der Waals surface area contributed by atoms with Gasteiger partial charge in [-0.05, 0) is 48.7 Å². The number of benzene rings is 2. The van der Waals surface area contributed by atoms with E-state index in [4.69, 9.17) is 21.1 Å². The number of carbonyl (C=O) groups excluding carboxylic acids is 3. The maximum atomic E-state index is 13.0. The van der Waals surface area contributed by atoms with Gasteiger partial charge in [-0.15, -0.1) is 0 Å². The molecule has 0 spiro atoms. The van der Waals surface area contributed by atoms with Crippen molar-refractivity contribution in [2.24, 2.45) is 0 Å². The molecule has 8 nitrogen and oxygen atoms in total. The van der Waals surface area contributed by atoms with Gasteiger partial charge in [0.1, 0.15) is 25.3 Å². The number of imide groups is 1. The van der Waals surface area contributed by atoms with E-state index in [1.807, 2.05) is 12.1 Å². The molecule has 0 aromatic heterocycles. The summed E-state index contributed by atoms with van der Waals surface area (Å²) >= 11 is 5.86. The third-order valence-corrected chi connectivity index (χ3v) is 5.60. The fourth-order valence-corrected chi connectivity index (χ4v) is 3.71. The topological polar surface area (TPSA) is 97.0 Å². The van der Waals surface area contributed by atoms with Gasteiger partial charge in [0, 0.05) is 11.6 Å². The molecule has 4 amide bonds. The van der Waals surface area contributed by atoms with Gasteiger partial charge in [-0.25, -0.2) is 4.79 Å². The predicted octanol–water partition coefficient (Wildman–Crippen LogP) is 2.24. The smallest absolute Gasteiger partial charge is 0.325 e. The van der Waals surface area contributed by atoms with Crippen molar-refractivity contribution in [2.75, 3.05) is 26.3 Å². The van der Waals surface area contributed by atoms with Crippen LogP contribution in [0.2, 0.25) is 5.02 Å². The van der Waals surface area contributed by atoms with Gasteiger partial charge in [0.05, 0.1) is 0 Å². The minimum atomic E-state index is -1.30. The quantitative estimate of drug-likeness (QED) is 0.667. The first-order chi connectivity index (χ1) is 14.9. The van der Waals surface area contributed by atoms with Crippen LogP contribution < -0.4 is 20.1 Å². The van der Waals surface area contributed by atoms with E-state index in [1.165, 1.54) is 0 Å². The number of fused-ring (bicyclic) bond motifs is 1. The summed E-state index contributed by atoms with van der Waals surface area (Å²) in [5.41, 5.74) is 0.280. The van der Waals surface area contributed by atoms with E-state index in [9.17, 15) is 14.4 Å². The maximum Gasteiger partial charge on any atom is 0.325 e. The van der Waals surface area contributed by atoms with Crippen LogP contribution in [0, 0.1) is 0 Å². The zero-order valence-corrected chi connectivity index (χ0v) is 17.7. The Morgan fingerprint density at radius 3 is 2.58 bits per heavy atom. The molecule has 1 saturated heterocycles. The second kappa shape index (κ2) is 8.47. The molecule has 9 heteroatoms. The molecule has 0 saturated carbocycles. The van der Waals surface area contributed by atoms with Crippen LogP contribution in [0.1, 0.15) is 18.1 Å². The fraction of sp³-hybridized carbons (Fsp3) is 0.318. The van der Waals surface area contributed by atoms with Gasteiger partial charge in [-0.1, -0.05) is 29.8 Å². The molecule has 162 valence electrons. The minimum Gasteiger partial charge on any atom is -0.486 e. The first-order valence-corrected chi connectivity index (χ1v) is 10.3. The summed E-state index contributed by atoms with van der Waals surface area (Å²) in [5.74, 6) is 0.198. The third-order valence-electron chi connectivity index (χ3n) is 5.35. The molecule has 0 aliphatic carbocycles. The first-order valence-electron chi connectivity index (χ1n) is 9.92. The van der Waals surface area contributed by atoms with Crippen LogP contribution in [0.15, 0.2) is 42.5 Å². The summed E-state index contributed by atoms with van der Waals surface area (Å²) in [4.78, 5) is 38.8. The number of hydrogen-bond acceptors (Lipinski definition) is 5. The summed E-state index contributed by atoms with van der Waals surface area (Å²) < 4.78 is 11.1. The van der Waals surface area contributed by atoms with Gasteiger partial charge in [0.25, 0.3) is 5.91 Å². The van der Waals surface area contributed by atoms with Crippen molar-refractivity contribution in [1.29, 1.82) is 0 Å². The normalized spacial score (nSPS) is 19.9. The predicted molar refractivity (Wildman–Crippen MR) is 113 cm³/mol. The van der Waals surface area contributed by atoms with E-state index >= 15 is 0 Å². The van der Waals surface area contributed by atoms with Crippen molar-refractivity contribution in [2.45, 2.75) is 18.9 Å². The van der Waals surface area contributed by atoms with Crippen LogP contribution in [0.3, 0.4) is 0 Å². The van der Waals surface area contributed by atoms with Gasteiger partial charge < -0.3 is 20.1 Å². The summed E-state index contributed by atoms with van der Waals surface area (Å²) in [6.07, 6.45) is 0.609. The average molecular weight is 444 g/mol. The third kappa shape index (κ3) is 4.29. The SMILES string of the molecule is CC1(c2ccc3c(c2)OCCO3)NC(=O)N(CC(=O)NCCc2ccc(Cl)cc2)C1=O. The van der Waals surface area contributed by atoms with Gasteiger partial charge in [0.2, 0.25) is 5.91 Å². The highest BCUT2D eigenvalue weighted by Crippen LogP contribution is 2.36. The molecular formula is C22H22ClN3O5. The lowest BCUT2D eigenvalue weighted by Crippen LogP contribution is -2.43. The molecule has 0 bridgehead atoms. The molecule has 1 unspecified atom stereocenters. The Hall–Kier alpha value is -3.26. The Kier molecular flexibility index (Phi) is 5.73. The molecule has 2 aliphatic heterocycles. The highest BCUT2D eigenvalue weighted by molar-refractivity contribution is 6.30. The van der Waals surface area contributed by atoms with Crippen molar-refractivity contribution < 1.29 is 23.9 Å². The van der Waals surface area contributed by atoms with E-state index in [0.29, 0.717) is 48.3 Å². The number of hydrogen-bond donors (Lipinski definition) is 2. The lowest BCUT2D eigenvalue weighted by atomic mass is 9.91. The molecule has 1 fully saturated rings. The zero-order valence-electron chi connectivity index (χ0n) is 16.9. The molecule has 31 heavy (non-hydrogen) atoms. The van der Waals surface area contributed by atoms with Gasteiger partial charge in [0.15, 0.2) is 11.5 Å². The van der Waals surface area contributed by atoms with E-state index in [1.54, 1.807) is 37.3 Å². The molecule has 1 atom stereocenters. The van der Waals surface area contributed by atoms with Gasteiger partial charge in [-0.3, -0.25) is 14.5 Å². The molecule has 2 aromatic rings.